The molecule has 1 heterocycles. The quantitative estimate of drug-likeness (QED) is 0.469. The fourth-order valence-electron chi connectivity index (χ4n) is 2.39. The van der Waals surface area contributed by atoms with E-state index < -0.39 is 0 Å². The summed E-state index contributed by atoms with van der Waals surface area (Å²) >= 11 is 4.70. The first-order chi connectivity index (χ1) is 13.2. The second-order valence-electron chi connectivity index (χ2n) is 5.84. The van der Waals surface area contributed by atoms with Crippen LogP contribution in [0.3, 0.4) is 0 Å². The van der Waals surface area contributed by atoms with Crippen molar-refractivity contribution in [1.82, 2.24) is 10.2 Å². The zero-order valence-electron chi connectivity index (χ0n) is 15.2. The molecule has 0 bridgehead atoms. The lowest BCUT2D eigenvalue weighted by Gasteiger charge is -2.14. The van der Waals surface area contributed by atoms with Crippen LogP contribution in [-0.4, -0.2) is 27.1 Å². The predicted octanol–water partition coefficient (Wildman–Crippen LogP) is 5.83. The number of thioether (sulfide) groups is 2. The van der Waals surface area contributed by atoms with E-state index in [4.69, 9.17) is 0 Å². The van der Waals surface area contributed by atoms with E-state index in [9.17, 15) is 4.79 Å². The summed E-state index contributed by atoms with van der Waals surface area (Å²) in [5.74, 6) is 0.993. The molecule has 0 unspecified atom stereocenters. The van der Waals surface area contributed by atoms with Crippen molar-refractivity contribution in [2.75, 3.05) is 11.1 Å². The minimum absolute atomic E-state index is 0.0404. The van der Waals surface area contributed by atoms with Gasteiger partial charge in [-0.3, -0.25) is 4.79 Å². The van der Waals surface area contributed by atoms with E-state index >= 15 is 0 Å². The minimum Gasteiger partial charge on any atom is -0.325 e. The lowest BCUT2D eigenvalue weighted by atomic mass is 10.0. The van der Waals surface area contributed by atoms with Crippen LogP contribution in [0.1, 0.15) is 20.3 Å². The highest BCUT2D eigenvalue weighted by molar-refractivity contribution is 8.03. The molecule has 0 saturated carbocycles. The van der Waals surface area contributed by atoms with Gasteiger partial charge in [-0.15, -0.1) is 10.2 Å². The van der Waals surface area contributed by atoms with Crippen LogP contribution in [0.2, 0.25) is 0 Å². The monoisotopic (exact) mass is 415 g/mol. The van der Waals surface area contributed by atoms with Crippen LogP contribution in [0.4, 0.5) is 5.69 Å². The summed E-state index contributed by atoms with van der Waals surface area (Å²) in [6.07, 6.45) is 1.10. The third kappa shape index (κ3) is 5.57. The normalized spacial score (nSPS) is 11.9. The molecule has 0 aliphatic carbocycles. The molecule has 4 nitrogen and oxygen atoms in total. The third-order valence-electron chi connectivity index (χ3n) is 3.73. The van der Waals surface area contributed by atoms with E-state index in [-0.39, 0.29) is 11.2 Å². The first kappa shape index (κ1) is 19.9. The molecule has 1 atom stereocenters. The van der Waals surface area contributed by atoms with Gasteiger partial charge in [0.1, 0.15) is 0 Å². The molecule has 0 saturated heterocycles. The summed E-state index contributed by atoms with van der Waals surface area (Å²) in [6, 6.07) is 17.9. The van der Waals surface area contributed by atoms with Crippen LogP contribution >= 0.6 is 34.9 Å². The molecule has 7 heteroatoms. The van der Waals surface area contributed by atoms with Crippen LogP contribution < -0.4 is 5.32 Å². The number of para-hydroxylation sites is 1. The highest BCUT2D eigenvalue weighted by atomic mass is 32.2. The zero-order chi connectivity index (χ0) is 19.1. The molecule has 1 aromatic heterocycles. The van der Waals surface area contributed by atoms with Crippen LogP contribution in [0.5, 0.6) is 0 Å². The SMILES string of the molecule is CCCSc1nnc(S[C@H](C)C(=O)Nc2ccccc2-c2ccccc2)s1. The summed E-state index contributed by atoms with van der Waals surface area (Å²) in [6.45, 7) is 4.04. The van der Waals surface area contributed by atoms with E-state index in [0.29, 0.717) is 0 Å². The lowest BCUT2D eigenvalue weighted by Crippen LogP contribution is -2.22. The van der Waals surface area contributed by atoms with Crippen molar-refractivity contribution in [3.63, 3.8) is 0 Å². The molecule has 0 spiro atoms. The van der Waals surface area contributed by atoms with E-state index in [1.807, 2.05) is 61.5 Å². The Morgan fingerprint density at radius 1 is 1.07 bits per heavy atom. The van der Waals surface area contributed by atoms with Crippen molar-refractivity contribution in [2.45, 2.75) is 34.2 Å². The Labute approximate surface area is 172 Å². The van der Waals surface area contributed by atoms with Crippen molar-refractivity contribution in [3.8, 4) is 11.1 Å². The van der Waals surface area contributed by atoms with Gasteiger partial charge in [-0.2, -0.15) is 0 Å². The first-order valence-electron chi connectivity index (χ1n) is 8.75. The summed E-state index contributed by atoms with van der Waals surface area (Å²) in [7, 11) is 0. The Bertz CT molecular complexity index is 883. The van der Waals surface area contributed by atoms with Gasteiger partial charge in [0.15, 0.2) is 8.68 Å². The fraction of sp³-hybridized carbons (Fsp3) is 0.250. The molecular formula is C20H21N3OS3. The number of carbonyl (C=O) groups is 1. The number of benzene rings is 2. The maximum absolute atomic E-state index is 12.7. The van der Waals surface area contributed by atoms with Crippen LogP contribution in [0.25, 0.3) is 11.1 Å². The van der Waals surface area contributed by atoms with Crippen LogP contribution in [0.15, 0.2) is 63.3 Å². The van der Waals surface area contributed by atoms with Crippen molar-refractivity contribution >= 4 is 46.5 Å². The molecule has 0 fully saturated rings. The number of hydrogen-bond donors (Lipinski definition) is 1. The first-order valence-corrected chi connectivity index (χ1v) is 11.4. The summed E-state index contributed by atoms with van der Waals surface area (Å²) in [4.78, 5) is 12.7. The standard InChI is InChI=1S/C20H21N3OS3/c1-3-13-25-19-22-23-20(27-19)26-14(2)18(24)21-17-12-8-7-11-16(17)15-9-5-4-6-10-15/h4-12,14H,3,13H2,1-2H3,(H,21,24)/t14-/m1/s1. The average Bonchev–Trinajstić information content (AvgIpc) is 3.14. The molecule has 3 aromatic rings. The van der Waals surface area contributed by atoms with Crippen molar-refractivity contribution < 1.29 is 4.79 Å². The average molecular weight is 416 g/mol. The summed E-state index contributed by atoms with van der Waals surface area (Å²) in [5, 5.41) is 11.2. The second kappa shape index (κ2) is 9.92. The van der Waals surface area contributed by atoms with Gasteiger partial charge < -0.3 is 5.32 Å². The largest absolute Gasteiger partial charge is 0.325 e. The number of hydrogen-bond acceptors (Lipinski definition) is 6. The molecule has 0 aliphatic heterocycles. The van der Waals surface area contributed by atoms with Gasteiger partial charge in [0.05, 0.1) is 5.25 Å². The number of nitrogens with one attached hydrogen (secondary N) is 1. The van der Waals surface area contributed by atoms with Gasteiger partial charge in [-0.25, -0.2) is 0 Å². The Morgan fingerprint density at radius 2 is 1.78 bits per heavy atom. The van der Waals surface area contributed by atoms with Gasteiger partial charge in [0.25, 0.3) is 0 Å². The van der Waals surface area contributed by atoms with Crippen molar-refractivity contribution in [3.05, 3.63) is 54.6 Å². The summed E-state index contributed by atoms with van der Waals surface area (Å²) < 4.78 is 1.79. The number of carbonyl (C=O) groups excluding carboxylic acids is 1. The predicted molar refractivity (Wildman–Crippen MR) is 117 cm³/mol. The van der Waals surface area contributed by atoms with E-state index in [1.165, 1.54) is 11.8 Å². The molecule has 27 heavy (non-hydrogen) atoms. The third-order valence-corrected chi connectivity index (χ3v) is 7.18. The highest BCUT2D eigenvalue weighted by Crippen LogP contribution is 2.33. The van der Waals surface area contributed by atoms with Crippen molar-refractivity contribution in [2.24, 2.45) is 0 Å². The molecule has 3 rings (SSSR count). The fourth-order valence-corrected chi connectivity index (χ4v) is 5.48. The van der Waals surface area contributed by atoms with Gasteiger partial charge in [-0.05, 0) is 25.0 Å². The molecule has 0 radical (unpaired) electrons. The van der Waals surface area contributed by atoms with E-state index in [2.05, 4.69) is 22.4 Å². The molecule has 0 aliphatic rings. The number of rotatable bonds is 8. The number of nitrogens with zero attached hydrogens (tertiary/aromatic N) is 2. The summed E-state index contributed by atoms with van der Waals surface area (Å²) in [5.41, 5.74) is 2.91. The van der Waals surface area contributed by atoms with Crippen LogP contribution in [0, 0.1) is 0 Å². The van der Waals surface area contributed by atoms with Crippen LogP contribution in [-0.2, 0) is 4.79 Å². The Balaban J connectivity index is 1.66. The van der Waals surface area contributed by atoms with Gasteiger partial charge in [0, 0.05) is 17.0 Å². The second-order valence-corrected chi connectivity index (χ2v) is 9.75. The van der Waals surface area contributed by atoms with Crippen molar-refractivity contribution in [1.29, 1.82) is 0 Å². The molecule has 2 aromatic carbocycles. The topological polar surface area (TPSA) is 54.9 Å². The molecule has 140 valence electrons. The molecule has 1 N–H and O–H groups in total. The van der Waals surface area contributed by atoms with E-state index in [1.54, 1.807) is 23.1 Å². The van der Waals surface area contributed by atoms with E-state index in [0.717, 1.165) is 37.7 Å². The Morgan fingerprint density at radius 3 is 2.56 bits per heavy atom. The Kier molecular flexibility index (Phi) is 7.32. The Hall–Kier alpha value is -1.83. The smallest absolute Gasteiger partial charge is 0.237 e. The minimum atomic E-state index is -0.259. The highest BCUT2D eigenvalue weighted by Gasteiger charge is 2.18. The number of anilines is 1. The maximum Gasteiger partial charge on any atom is 0.237 e. The zero-order valence-corrected chi connectivity index (χ0v) is 17.7. The van der Waals surface area contributed by atoms with Gasteiger partial charge >= 0.3 is 0 Å². The molecular weight excluding hydrogens is 394 g/mol. The number of amides is 1. The number of aromatic nitrogens is 2. The maximum atomic E-state index is 12.7. The molecule has 1 amide bonds. The van der Waals surface area contributed by atoms with Gasteiger partial charge in [0.2, 0.25) is 5.91 Å². The lowest BCUT2D eigenvalue weighted by molar-refractivity contribution is -0.115. The van der Waals surface area contributed by atoms with Gasteiger partial charge in [-0.1, -0.05) is 90.3 Å².